The minimum absolute atomic E-state index is 0.0765. The van der Waals surface area contributed by atoms with Crippen molar-refractivity contribution in [2.75, 3.05) is 5.73 Å². The lowest BCUT2D eigenvalue weighted by atomic mass is 10.0. The molecule has 0 spiro atoms. The number of fused-ring (bicyclic) bond motifs is 3. The molecule has 178 valence electrons. The van der Waals surface area contributed by atoms with E-state index in [9.17, 15) is 4.79 Å². The third-order valence-electron chi connectivity index (χ3n) is 6.95. The van der Waals surface area contributed by atoms with Crippen LogP contribution in [0.4, 0.5) is 5.95 Å². The maximum Gasteiger partial charge on any atom is 0.263 e. The molecule has 0 atom stereocenters. The number of rotatable bonds is 3. The summed E-state index contributed by atoms with van der Waals surface area (Å²) in [5.41, 5.74) is 12.9. The summed E-state index contributed by atoms with van der Waals surface area (Å²) in [6.45, 7) is 1.95. The average molecular weight is 483 g/mol. The molecule has 0 bridgehead atoms. The summed E-state index contributed by atoms with van der Waals surface area (Å²) in [5.74, 6) is 0.229. The van der Waals surface area contributed by atoms with Crippen molar-refractivity contribution >= 4 is 38.7 Å². The van der Waals surface area contributed by atoms with E-state index >= 15 is 0 Å². The second-order valence-electron chi connectivity index (χ2n) is 9.23. The number of nitrogens with one attached hydrogen (secondary N) is 1. The lowest BCUT2D eigenvalue weighted by molar-refractivity contribution is 0.987. The van der Waals surface area contributed by atoms with E-state index in [4.69, 9.17) is 5.73 Å². The summed E-state index contributed by atoms with van der Waals surface area (Å²) in [6.07, 6.45) is 7.54. The van der Waals surface area contributed by atoms with Gasteiger partial charge in [-0.15, -0.1) is 0 Å². The minimum Gasteiger partial charge on any atom is -0.368 e. The quantitative estimate of drug-likeness (QED) is 0.335. The Morgan fingerprint density at radius 2 is 1.62 bits per heavy atom. The van der Waals surface area contributed by atoms with Gasteiger partial charge in [-0.3, -0.25) is 9.36 Å². The number of pyridine rings is 1. The molecule has 0 aliphatic rings. The van der Waals surface area contributed by atoms with E-state index in [-0.39, 0.29) is 11.5 Å². The highest BCUT2D eigenvalue weighted by Crippen LogP contribution is 2.27. The molecule has 37 heavy (non-hydrogen) atoms. The standard InChI is InChI=1S/C30H22N6O/c1-18-9-12-36(29(37)28(18)21-2-5-26-22(14-21)17-33-30(31)34-26)24-4-7-27-20(16-24)10-13-35(27)23-3-6-25-19(15-23)8-11-32-25/h2-17,32H,1H3,(H2,31,33,34). The molecule has 4 heterocycles. The zero-order valence-electron chi connectivity index (χ0n) is 20.0. The van der Waals surface area contributed by atoms with E-state index < -0.39 is 0 Å². The molecule has 0 saturated heterocycles. The van der Waals surface area contributed by atoms with E-state index in [1.165, 1.54) is 5.39 Å². The Morgan fingerprint density at radius 3 is 2.54 bits per heavy atom. The number of anilines is 1. The molecule has 4 aromatic heterocycles. The van der Waals surface area contributed by atoms with Gasteiger partial charge in [-0.25, -0.2) is 9.97 Å². The molecule has 7 nitrogen and oxygen atoms in total. The molecule has 0 amide bonds. The highest BCUT2D eigenvalue weighted by molar-refractivity contribution is 5.87. The van der Waals surface area contributed by atoms with Gasteiger partial charge in [-0.2, -0.15) is 0 Å². The summed E-state index contributed by atoms with van der Waals surface area (Å²) in [4.78, 5) is 25.3. The molecule has 7 heteroatoms. The topological polar surface area (TPSA) is 94.5 Å². The Morgan fingerprint density at radius 1 is 0.811 bits per heavy atom. The number of benzene rings is 3. The largest absolute Gasteiger partial charge is 0.368 e. The maximum atomic E-state index is 13.7. The van der Waals surface area contributed by atoms with Crippen LogP contribution in [-0.4, -0.2) is 24.1 Å². The van der Waals surface area contributed by atoms with Gasteiger partial charge >= 0.3 is 0 Å². The van der Waals surface area contributed by atoms with E-state index in [0.717, 1.165) is 49.8 Å². The number of nitrogens with two attached hydrogens (primary N) is 1. The van der Waals surface area contributed by atoms with Crippen molar-refractivity contribution in [1.82, 2.24) is 24.1 Å². The summed E-state index contributed by atoms with van der Waals surface area (Å²) in [6, 6.07) is 24.3. The number of hydrogen-bond acceptors (Lipinski definition) is 4. The first-order valence-electron chi connectivity index (χ1n) is 12.0. The van der Waals surface area contributed by atoms with Crippen molar-refractivity contribution in [3.63, 3.8) is 0 Å². The number of aromatic amines is 1. The van der Waals surface area contributed by atoms with Crippen LogP contribution < -0.4 is 11.3 Å². The molecule has 3 N–H and O–H groups in total. The molecular formula is C30H22N6O. The van der Waals surface area contributed by atoms with Gasteiger partial charge in [0.05, 0.1) is 16.6 Å². The Kier molecular flexibility index (Phi) is 4.53. The van der Waals surface area contributed by atoms with Crippen molar-refractivity contribution in [3.05, 3.63) is 114 Å². The van der Waals surface area contributed by atoms with Crippen LogP contribution in [0.1, 0.15) is 5.56 Å². The Balaban J connectivity index is 1.33. The van der Waals surface area contributed by atoms with Gasteiger partial charge in [0.15, 0.2) is 0 Å². The monoisotopic (exact) mass is 482 g/mol. The zero-order chi connectivity index (χ0) is 25.1. The first-order valence-corrected chi connectivity index (χ1v) is 12.0. The van der Waals surface area contributed by atoms with Crippen molar-refractivity contribution in [1.29, 1.82) is 0 Å². The maximum absolute atomic E-state index is 13.7. The van der Waals surface area contributed by atoms with Crippen LogP contribution in [0.2, 0.25) is 0 Å². The molecule has 0 unspecified atom stereocenters. The van der Waals surface area contributed by atoms with Crippen LogP contribution in [0.5, 0.6) is 0 Å². The lowest BCUT2D eigenvalue weighted by Crippen LogP contribution is -2.20. The van der Waals surface area contributed by atoms with Crippen molar-refractivity contribution in [2.45, 2.75) is 6.92 Å². The van der Waals surface area contributed by atoms with E-state index in [1.807, 2.05) is 49.6 Å². The van der Waals surface area contributed by atoms with Gasteiger partial charge in [0, 0.05) is 57.8 Å². The molecule has 0 radical (unpaired) electrons. The smallest absolute Gasteiger partial charge is 0.263 e. The zero-order valence-corrected chi connectivity index (χ0v) is 20.0. The summed E-state index contributed by atoms with van der Waals surface area (Å²) in [5, 5.41) is 3.06. The predicted molar refractivity (Wildman–Crippen MR) is 148 cm³/mol. The van der Waals surface area contributed by atoms with Crippen LogP contribution in [0.15, 0.2) is 102 Å². The van der Waals surface area contributed by atoms with Gasteiger partial charge in [0.2, 0.25) is 5.95 Å². The molecule has 3 aromatic carbocycles. The van der Waals surface area contributed by atoms with Gasteiger partial charge in [-0.05, 0) is 84.8 Å². The number of aromatic nitrogens is 5. The van der Waals surface area contributed by atoms with E-state index in [0.29, 0.717) is 5.56 Å². The third kappa shape index (κ3) is 3.40. The van der Waals surface area contributed by atoms with Crippen molar-refractivity contribution in [3.8, 4) is 22.5 Å². The molecule has 0 aliphatic carbocycles. The fraction of sp³-hybridized carbons (Fsp3) is 0.0333. The van der Waals surface area contributed by atoms with Crippen LogP contribution in [-0.2, 0) is 0 Å². The third-order valence-corrected chi connectivity index (χ3v) is 6.95. The first-order chi connectivity index (χ1) is 18.0. The van der Waals surface area contributed by atoms with Gasteiger partial charge in [0.1, 0.15) is 0 Å². The van der Waals surface area contributed by atoms with Gasteiger partial charge < -0.3 is 15.3 Å². The van der Waals surface area contributed by atoms with Crippen LogP contribution in [0.3, 0.4) is 0 Å². The Labute approximate surface area is 211 Å². The fourth-order valence-corrected chi connectivity index (χ4v) is 5.08. The van der Waals surface area contributed by atoms with E-state index in [1.54, 1.807) is 10.8 Å². The summed E-state index contributed by atoms with van der Waals surface area (Å²) in [7, 11) is 0. The SMILES string of the molecule is Cc1ccn(-c2ccc3c(ccn3-c3ccc4[nH]ccc4c3)c2)c(=O)c1-c1ccc2nc(N)ncc2c1. The number of aryl methyl sites for hydroxylation is 1. The predicted octanol–water partition coefficient (Wildman–Crippen LogP) is 5.76. The molecular weight excluding hydrogens is 460 g/mol. The molecule has 0 aliphatic heterocycles. The Hall–Kier alpha value is -5.17. The van der Waals surface area contributed by atoms with Crippen molar-refractivity contribution < 1.29 is 0 Å². The number of nitrogen functional groups attached to an aromatic ring is 1. The average Bonchev–Trinajstić information content (AvgIpc) is 3.55. The highest BCUT2D eigenvalue weighted by Gasteiger charge is 2.13. The van der Waals surface area contributed by atoms with E-state index in [2.05, 4.69) is 68.2 Å². The number of nitrogens with zero attached hydrogens (tertiary/aromatic N) is 4. The Bertz CT molecular complexity index is 2050. The van der Waals surface area contributed by atoms with Crippen LogP contribution in [0, 0.1) is 6.92 Å². The summed E-state index contributed by atoms with van der Waals surface area (Å²) < 4.78 is 3.87. The highest BCUT2D eigenvalue weighted by atomic mass is 16.1. The second-order valence-corrected chi connectivity index (χ2v) is 9.23. The van der Waals surface area contributed by atoms with Gasteiger partial charge in [0.25, 0.3) is 5.56 Å². The lowest BCUT2D eigenvalue weighted by Gasteiger charge is -2.12. The molecule has 0 saturated carbocycles. The van der Waals surface area contributed by atoms with Gasteiger partial charge in [-0.1, -0.05) is 6.07 Å². The van der Waals surface area contributed by atoms with Crippen LogP contribution in [0.25, 0.3) is 55.2 Å². The fourth-order valence-electron chi connectivity index (χ4n) is 5.08. The second kappa shape index (κ2) is 7.93. The number of H-pyrrole nitrogens is 1. The first kappa shape index (κ1) is 21.1. The normalized spacial score (nSPS) is 11.6. The molecule has 0 fully saturated rings. The number of hydrogen-bond donors (Lipinski definition) is 2. The molecule has 7 rings (SSSR count). The molecule has 7 aromatic rings. The van der Waals surface area contributed by atoms with Crippen molar-refractivity contribution in [2.24, 2.45) is 0 Å². The minimum atomic E-state index is -0.0765. The summed E-state index contributed by atoms with van der Waals surface area (Å²) >= 11 is 0. The van der Waals surface area contributed by atoms with Crippen LogP contribution >= 0.6 is 0 Å².